The van der Waals surface area contributed by atoms with Crippen molar-refractivity contribution < 1.29 is 41.4 Å². The highest BCUT2D eigenvalue weighted by Gasteiger charge is 2.31. The molecule has 1 unspecified atom stereocenters. The fraction of sp³-hybridized carbons (Fsp3) is 0.306. The second kappa shape index (κ2) is 20.0. The van der Waals surface area contributed by atoms with Crippen LogP contribution in [0, 0.1) is 6.92 Å². The summed E-state index contributed by atoms with van der Waals surface area (Å²) < 4.78 is 42.0. The summed E-state index contributed by atoms with van der Waals surface area (Å²) in [7, 11) is -4.99. The first-order valence-electron chi connectivity index (χ1n) is 25.1. The molecule has 6 N–H and O–H groups in total. The Morgan fingerprint density at radius 2 is 1.04 bits per heavy atom. The van der Waals surface area contributed by atoms with Gasteiger partial charge in [0.2, 0.25) is 56.5 Å². The topological polar surface area (TPSA) is 373 Å². The average Bonchev–Trinajstić information content (AvgIpc) is 4.40. The molecule has 6 aliphatic rings. The van der Waals surface area contributed by atoms with E-state index in [4.69, 9.17) is 9.97 Å². The third-order valence-corrected chi connectivity index (χ3v) is 14.6. The Morgan fingerprint density at radius 3 is 1.46 bits per heavy atom. The van der Waals surface area contributed by atoms with Crippen LogP contribution in [0.2, 0.25) is 0 Å². The van der Waals surface area contributed by atoms with E-state index in [2.05, 4.69) is 72.1 Å². The molecule has 29 nitrogen and oxygen atoms in total. The van der Waals surface area contributed by atoms with Crippen molar-refractivity contribution in [2.45, 2.75) is 93.1 Å². The van der Waals surface area contributed by atoms with Gasteiger partial charge in [-0.1, -0.05) is 6.07 Å². The van der Waals surface area contributed by atoms with Crippen molar-refractivity contribution in [2.75, 3.05) is 28.5 Å². The van der Waals surface area contributed by atoms with Crippen molar-refractivity contribution >= 4 is 120 Å². The van der Waals surface area contributed by atoms with E-state index in [-0.39, 0.29) is 76.4 Å². The van der Waals surface area contributed by atoms with Crippen LogP contribution in [-0.4, -0.2) is 147 Å². The number of imide groups is 3. The number of aryl methyl sites for hydroxylation is 1. The summed E-state index contributed by atoms with van der Waals surface area (Å²) in [4.78, 5) is 100. The molecule has 1 aromatic carbocycles. The minimum atomic E-state index is -3.63. The van der Waals surface area contributed by atoms with Crippen LogP contribution in [-0.2, 0) is 49.4 Å². The molecule has 3 aliphatic carbocycles. The predicted molar refractivity (Wildman–Crippen MR) is 284 cm³/mol. The molecule has 0 bridgehead atoms. The lowest BCUT2D eigenvalue weighted by molar-refractivity contribution is -0.125. The molecule has 80 heavy (non-hydrogen) atoms. The first-order valence-corrected chi connectivity index (χ1v) is 28.5. The third-order valence-electron chi connectivity index (χ3n) is 13.0. The number of amides is 6. The zero-order valence-electron chi connectivity index (χ0n) is 42.6. The van der Waals surface area contributed by atoms with Crippen LogP contribution < -0.4 is 31.9 Å². The van der Waals surface area contributed by atoms with Crippen molar-refractivity contribution in [1.29, 1.82) is 0 Å². The fourth-order valence-electron chi connectivity index (χ4n) is 8.56. The van der Waals surface area contributed by atoms with E-state index < -0.39 is 32.5 Å². The van der Waals surface area contributed by atoms with Gasteiger partial charge in [0.25, 0.3) is 22.9 Å². The molecule has 31 heteroatoms. The Balaban J connectivity index is 0.000000121. The molecule has 3 saturated heterocycles. The van der Waals surface area contributed by atoms with Gasteiger partial charge in [0, 0.05) is 64.0 Å². The van der Waals surface area contributed by atoms with E-state index in [1.807, 2.05) is 29.7 Å². The van der Waals surface area contributed by atoms with Gasteiger partial charge in [-0.15, -0.1) is 0 Å². The number of rotatable bonds is 12. The van der Waals surface area contributed by atoms with Crippen LogP contribution in [0.3, 0.4) is 0 Å². The average molecular weight is 1120 g/mol. The predicted octanol–water partition coefficient (Wildman–Crippen LogP) is 1.17. The molecule has 14 rings (SSSR count). The zero-order chi connectivity index (χ0) is 55.7. The Bertz CT molecular complexity index is 4260. The van der Waals surface area contributed by atoms with E-state index in [0.717, 1.165) is 61.4 Å². The van der Waals surface area contributed by atoms with Gasteiger partial charge in [0.1, 0.15) is 6.33 Å². The number of hydrogen-bond donors (Lipinski definition) is 6. The van der Waals surface area contributed by atoms with Crippen molar-refractivity contribution in [1.82, 2.24) is 84.2 Å². The van der Waals surface area contributed by atoms with Gasteiger partial charge in [-0.2, -0.15) is 58.7 Å². The maximum absolute atomic E-state index is 12.0. The number of imidazole rings is 1. The lowest BCUT2D eigenvalue weighted by Gasteiger charge is -2.10. The molecular formula is C49H46N20O9S2. The van der Waals surface area contributed by atoms with Crippen LogP contribution in [0.5, 0.6) is 0 Å². The van der Waals surface area contributed by atoms with Crippen LogP contribution in [0.4, 0.5) is 17.8 Å². The van der Waals surface area contributed by atoms with Gasteiger partial charge in [0.05, 0.1) is 59.7 Å². The second-order valence-electron chi connectivity index (χ2n) is 19.8. The molecule has 7 aromatic heterocycles. The second-order valence-corrected chi connectivity index (χ2v) is 23.0. The van der Waals surface area contributed by atoms with Gasteiger partial charge in [-0.25, -0.2) is 13.4 Å². The van der Waals surface area contributed by atoms with Gasteiger partial charge < -0.3 is 16.0 Å². The normalized spacial score (nSPS) is 19.2. The standard InChI is InChI=1S/C21H18N8O2.C14H14N6O4S.C14H14N6O3S/c1-11-2-5-16-15(6-11)22-10-28(16)20-26-18-13(7-12-8-17(30)25-19(12)31)9-23-29(18)21(27-20)24-14-3-4-14;1-25(23,24)14-18-11-8(4-7-5-10(21)17-12(7)22)6-15-20(11)13(19-14)16-9-2-3-9;1-24(23)14-18-11-8(4-7-5-10(21)17-12(7)22)6-15-20(11)13(19-14)16-9-2-3-9/h2,5-7,9-10,14H,3-4,8H2,1H3,(H,24,26,27)(H,25,30,31);4,6,9H,2-3,5H2,1H3,(H,16,18,19)(H,17,21,22);4,6,9H,2-3,5H2,1H3,(H,16,18,19)(H,17,21,22)/b12-7+;2*7-4+. The largest absolute Gasteiger partial charge is 0.351 e. The summed E-state index contributed by atoms with van der Waals surface area (Å²) >= 11 is 0. The summed E-state index contributed by atoms with van der Waals surface area (Å²) in [6.07, 6.45) is 19.8. The van der Waals surface area contributed by atoms with E-state index in [9.17, 15) is 41.4 Å². The van der Waals surface area contributed by atoms with Gasteiger partial charge in [-0.05, 0) is 81.4 Å². The summed E-state index contributed by atoms with van der Waals surface area (Å²) in [6.45, 7) is 2.02. The molecule has 0 radical (unpaired) electrons. The fourth-order valence-corrected chi connectivity index (χ4v) is 9.49. The lowest BCUT2D eigenvalue weighted by atomic mass is 10.1. The number of benzene rings is 1. The molecular weight excluding hydrogens is 1080 g/mol. The first-order chi connectivity index (χ1) is 38.4. The first kappa shape index (κ1) is 51.2. The number of carbonyl (C=O) groups is 6. The summed E-state index contributed by atoms with van der Waals surface area (Å²) in [6, 6.07) is 6.95. The lowest BCUT2D eigenvalue weighted by Crippen LogP contribution is -2.19. The highest BCUT2D eigenvalue weighted by molar-refractivity contribution is 7.90. The number of fused-ring (bicyclic) bond motifs is 4. The highest BCUT2D eigenvalue weighted by atomic mass is 32.2. The van der Waals surface area contributed by atoms with Gasteiger partial charge >= 0.3 is 0 Å². The number of nitrogens with zero attached hydrogens (tertiary/aromatic N) is 14. The number of sulfone groups is 1. The van der Waals surface area contributed by atoms with Crippen molar-refractivity contribution in [3.63, 3.8) is 0 Å². The van der Waals surface area contributed by atoms with E-state index in [1.54, 1.807) is 35.4 Å². The Morgan fingerprint density at radius 1 is 0.600 bits per heavy atom. The minimum Gasteiger partial charge on any atom is -0.351 e. The number of aromatic nitrogens is 14. The van der Waals surface area contributed by atoms with Crippen molar-refractivity contribution in [3.8, 4) is 5.95 Å². The molecule has 3 aliphatic heterocycles. The molecule has 3 saturated carbocycles. The molecule has 10 heterocycles. The van der Waals surface area contributed by atoms with Crippen LogP contribution >= 0.6 is 0 Å². The molecule has 6 amide bonds. The van der Waals surface area contributed by atoms with E-state index in [1.165, 1.54) is 27.6 Å². The number of carbonyl (C=O) groups excluding carboxylic acids is 6. The van der Waals surface area contributed by atoms with E-state index in [0.29, 0.717) is 69.1 Å². The van der Waals surface area contributed by atoms with Crippen LogP contribution in [0.25, 0.3) is 52.2 Å². The Labute approximate surface area is 453 Å². The maximum Gasteiger partial charge on any atom is 0.254 e. The third kappa shape index (κ3) is 10.7. The SMILES string of the molecule is CS(=O)(=O)c1nc(NC2CC2)n2ncc(/C=C3\CC(=O)NC3=O)c2n1.CS(=O)c1nc(NC2CC2)n2ncc(/C=C3\CC(=O)NC3=O)c2n1.Cc1ccc2c(c1)ncn2-c1nc(NC2CC2)n2ncc(/C=C3\CC(=O)NC3=O)c2n1. The minimum absolute atomic E-state index is 0.0288. The Kier molecular flexibility index (Phi) is 12.8. The monoisotopic (exact) mass is 1120 g/mol. The summed E-state index contributed by atoms with van der Waals surface area (Å²) in [5.74, 6) is -0.498. The highest BCUT2D eigenvalue weighted by Crippen LogP contribution is 2.30. The maximum atomic E-state index is 12.0. The van der Waals surface area contributed by atoms with Crippen LogP contribution in [0.15, 0.2) is 70.1 Å². The van der Waals surface area contributed by atoms with Crippen molar-refractivity contribution in [2.24, 2.45) is 0 Å². The number of anilines is 3. The van der Waals surface area contributed by atoms with Crippen LogP contribution in [0.1, 0.15) is 80.0 Å². The zero-order valence-corrected chi connectivity index (χ0v) is 44.3. The van der Waals surface area contributed by atoms with Gasteiger partial charge in [-0.3, -0.25) is 53.5 Å². The molecule has 408 valence electrons. The van der Waals surface area contributed by atoms with Crippen molar-refractivity contribution in [3.05, 3.63) is 82.1 Å². The molecule has 1 atom stereocenters. The Hall–Kier alpha value is -9.52. The quantitative estimate of drug-likeness (QED) is 0.0738. The summed E-state index contributed by atoms with van der Waals surface area (Å²) in [5, 5.41) is 29.2. The molecule has 8 aromatic rings. The summed E-state index contributed by atoms with van der Waals surface area (Å²) in [5.41, 5.74) is 6.78. The molecule has 6 fully saturated rings. The molecule has 0 spiro atoms. The van der Waals surface area contributed by atoms with E-state index >= 15 is 0 Å². The smallest absolute Gasteiger partial charge is 0.254 e. The van der Waals surface area contributed by atoms with Gasteiger partial charge in [0.15, 0.2) is 16.9 Å². The number of hydrogen-bond acceptors (Lipinski definition) is 22. The number of nitrogens with one attached hydrogen (secondary N) is 6.